The van der Waals surface area contributed by atoms with Crippen molar-refractivity contribution in [2.24, 2.45) is 0 Å². The summed E-state index contributed by atoms with van der Waals surface area (Å²) < 4.78 is 12.4. The average Bonchev–Trinajstić information content (AvgIpc) is 3.14. The zero-order valence-corrected chi connectivity index (χ0v) is 12.1. The van der Waals surface area contributed by atoms with E-state index >= 15 is 0 Å². The molecule has 0 amide bonds. The van der Waals surface area contributed by atoms with Gasteiger partial charge in [0.15, 0.2) is 11.5 Å². The molecule has 1 aliphatic rings. The summed E-state index contributed by atoms with van der Waals surface area (Å²) in [4.78, 5) is 8.44. The minimum absolute atomic E-state index is 0.303. The summed E-state index contributed by atoms with van der Waals surface area (Å²) in [5.41, 5.74) is 2.10. The Morgan fingerprint density at radius 2 is 2.14 bits per heavy atom. The minimum Gasteiger partial charge on any atom is -0.454 e. The summed E-state index contributed by atoms with van der Waals surface area (Å²) in [5.74, 6) is 3.12. The first-order chi connectivity index (χ1) is 10.8. The number of fused-ring (bicyclic) bond motifs is 2. The fourth-order valence-corrected chi connectivity index (χ4v) is 2.49. The third-order valence-electron chi connectivity index (χ3n) is 3.54. The maximum atomic E-state index is 5.39. The number of ether oxygens (including phenoxy) is 2. The second-order valence-electron chi connectivity index (χ2n) is 5.12. The van der Waals surface area contributed by atoms with Gasteiger partial charge in [-0.05, 0) is 31.0 Å². The third kappa shape index (κ3) is 2.30. The van der Waals surface area contributed by atoms with Gasteiger partial charge in [-0.2, -0.15) is 14.6 Å². The van der Waals surface area contributed by atoms with Crippen molar-refractivity contribution in [3.63, 3.8) is 0 Å². The first kappa shape index (κ1) is 12.9. The number of anilines is 1. The molecule has 22 heavy (non-hydrogen) atoms. The number of aryl methyl sites for hydroxylation is 1. The second-order valence-corrected chi connectivity index (χ2v) is 5.12. The highest BCUT2D eigenvalue weighted by Crippen LogP contribution is 2.32. The molecule has 3 aromatic rings. The maximum absolute atomic E-state index is 5.39. The molecule has 2 aromatic heterocycles. The lowest BCUT2D eigenvalue weighted by atomic mass is 10.1. The summed E-state index contributed by atoms with van der Waals surface area (Å²) in [6.45, 7) is 3.02. The molecule has 0 fully saturated rings. The standard InChI is InChI=1S/C15H15N5O2/c1-10-6-14(20-15(19-10)17-8-18-20)16-5-4-11-2-3-12-13(7-11)22-9-21-12/h2-3,6-8,16H,4-5,9H2,1H3. The summed E-state index contributed by atoms with van der Waals surface area (Å²) in [6, 6.07) is 7.98. The van der Waals surface area contributed by atoms with Crippen LogP contribution >= 0.6 is 0 Å². The summed E-state index contributed by atoms with van der Waals surface area (Å²) >= 11 is 0. The second kappa shape index (κ2) is 5.18. The van der Waals surface area contributed by atoms with E-state index < -0.39 is 0 Å². The number of benzene rings is 1. The Kier molecular flexibility index (Phi) is 3.03. The van der Waals surface area contributed by atoms with E-state index in [-0.39, 0.29) is 0 Å². The fraction of sp³-hybridized carbons (Fsp3) is 0.267. The summed E-state index contributed by atoms with van der Waals surface area (Å²) in [7, 11) is 0. The molecule has 0 saturated heterocycles. The predicted octanol–water partition coefficient (Wildman–Crippen LogP) is 1.82. The molecule has 0 saturated carbocycles. The van der Waals surface area contributed by atoms with Crippen LogP contribution in [0.2, 0.25) is 0 Å². The highest BCUT2D eigenvalue weighted by molar-refractivity contribution is 5.46. The molecule has 1 aliphatic heterocycles. The molecule has 1 N–H and O–H groups in total. The highest BCUT2D eigenvalue weighted by atomic mass is 16.7. The minimum atomic E-state index is 0.303. The summed E-state index contributed by atoms with van der Waals surface area (Å²) in [6.07, 6.45) is 2.37. The van der Waals surface area contributed by atoms with Gasteiger partial charge in [-0.3, -0.25) is 0 Å². The van der Waals surface area contributed by atoms with Crippen LogP contribution in [0.3, 0.4) is 0 Å². The Bertz CT molecular complexity index is 830. The summed E-state index contributed by atoms with van der Waals surface area (Å²) in [5, 5.41) is 7.56. The van der Waals surface area contributed by atoms with Crippen LogP contribution in [0.15, 0.2) is 30.6 Å². The number of hydrogen-bond donors (Lipinski definition) is 1. The molecule has 7 heteroatoms. The van der Waals surface area contributed by atoms with Crippen molar-refractivity contribution in [2.45, 2.75) is 13.3 Å². The Morgan fingerprint density at radius 3 is 3.09 bits per heavy atom. The van der Waals surface area contributed by atoms with Crippen LogP contribution in [0.1, 0.15) is 11.3 Å². The lowest BCUT2D eigenvalue weighted by molar-refractivity contribution is 0.174. The zero-order valence-electron chi connectivity index (χ0n) is 12.1. The van der Waals surface area contributed by atoms with Crippen molar-refractivity contribution in [1.82, 2.24) is 19.6 Å². The van der Waals surface area contributed by atoms with Gasteiger partial charge in [0.2, 0.25) is 6.79 Å². The van der Waals surface area contributed by atoms with Crippen LogP contribution in [0.5, 0.6) is 11.5 Å². The number of aromatic nitrogens is 4. The van der Waals surface area contributed by atoms with Crippen molar-refractivity contribution in [3.8, 4) is 11.5 Å². The quantitative estimate of drug-likeness (QED) is 0.792. The SMILES string of the molecule is Cc1cc(NCCc2ccc3c(c2)OCO3)n2ncnc2n1. The largest absolute Gasteiger partial charge is 0.454 e. The first-order valence-corrected chi connectivity index (χ1v) is 7.09. The van der Waals surface area contributed by atoms with Gasteiger partial charge in [0, 0.05) is 18.3 Å². The first-order valence-electron chi connectivity index (χ1n) is 7.09. The van der Waals surface area contributed by atoms with E-state index in [1.807, 2.05) is 25.1 Å². The fourth-order valence-electron chi connectivity index (χ4n) is 2.49. The van der Waals surface area contributed by atoms with Crippen molar-refractivity contribution in [2.75, 3.05) is 18.7 Å². The van der Waals surface area contributed by atoms with E-state index in [0.29, 0.717) is 12.6 Å². The van der Waals surface area contributed by atoms with Crippen LogP contribution in [-0.4, -0.2) is 32.9 Å². The molecule has 0 bridgehead atoms. The Labute approximate surface area is 126 Å². The van der Waals surface area contributed by atoms with Crippen LogP contribution in [0, 0.1) is 6.92 Å². The predicted molar refractivity (Wildman–Crippen MR) is 80.3 cm³/mol. The topological polar surface area (TPSA) is 73.6 Å². The molecule has 0 spiro atoms. The van der Waals surface area contributed by atoms with Crippen molar-refractivity contribution in [3.05, 3.63) is 41.9 Å². The lowest BCUT2D eigenvalue weighted by Gasteiger charge is -2.09. The number of nitrogens with zero attached hydrogens (tertiary/aromatic N) is 4. The molecule has 4 rings (SSSR count). The lowest BCUT2D eigenvalue weighted by Crippen LogP contribution is -2.10. The van der Waals surface area contributed by atoms with Crippen LogP contribution < -0.4 is 14.8 Å². The van der Waals surface area contributed by atoms with E-state index in [1.54, 1.807) is 4.52 Å². The van der Waals surface area contributed by atoms with E-state index in [9.17, 15) is 0 Å². The van der Waals surface area contributed by atoms with Gasteiger partial charge in [-0.1, -0.05) is 6.07 Å². The van der Waals surface area contributed by atoms with Crippen molar-refractivity contribution in [1.29, 1.82) is 0 Å². The molecule has 112 valence electrons. The Hall–Kier alpha value is -2.83. The molecular weight excluding hydrogens is 282 g/mol. The van der Waals surface area contributed by atoms with Gasteiger partial charge in [-0.25, -0.2) is 4.98 Å². The normalized spacial score (nSPS) is 12.8. The monoisotopic (exact) mass is 297 g/mol. The van der Waals surface area contributed by atoms with E-state index in [4.69, 9.17) is 9.47 Å². The van der Waals surface area contributed by atoms with Crippen LogP contribution in [-0.2, 0) is 6.42 Å². The van der Waals surface area contributed by atoms with E-state index in [2.05, 4.69) is 26.4 Å². The van der Waals surface area contributed by atoms with Crippen LogP contribution in [0.25, 0.3) is 5.78 Å². The van der Waals surface area contributed by atoms with Gasteiger partial charge in [-0.15, -0.1) is 0 Å². The molecule has 1 aromatic carbocycles. The number of rotatable bonds is 4. The van der Waals surface area contributed by atoms with Gasteiger partial charge in [0.05, 0.1) is 0 Å². The zero-order chi connectivity index (χ0) is 14.9. The number of hydrogen-bond acceptors (Lipinski definition) is 6. The molecular formula is C15H15N5O2. The molecule has 7 nitrogen and oxygen atoms in total. The highest BCUT2D eigenvalue weighted by Gasteiger charge is 2.13. The molecule has 0 atom stereocenters. The molecule has 3 heterocycles. The van der Waals surface area contributed by atoms with Crippen LogP contribution in [0.4, 0.5) is 5.82 Å². The van der Waals surface area contributed by atoms with E-state index in [0.717, 1.165) is 36.0 Å². The van der Waals surface area contributed by atoms with Gasteiger partial charge < -0.3 is 14.8 Å². The Morgan fingerprint density at radius 1 is 1.23 bits per heavy atom. The van der Waals surface area contributed by atoms with Crippen molar-refractivity contribution < 1.29 is 9.47 Å². The average molecular weight is 297 g/mol. The van der Waals surface area contributed by atoms with E-state index in [1.165, 1.54) is 11.9 Å². The van der Waals surface area contributed by atoms with Crippen molar-refractivity contribution >= 4 is 11.6 Å². The molecule has 0 aliphatic carbocycles. The number of nitrogens with one attached hydrogen (secondary N) is 1. The van der Waals surface area contributed by atoms with Gasteiger partial charge in [0.25, 0.3) is 5.78 Å². The van der Waals surface area contributed by atoms with Gasteiger partial charge in [0.1, 0.15) is 12.1 Å². The smallest absolute Gasteiger partial charge is 0.254 e. The third-order valence-corrected chi connectivity index (χ3v) is 3.54. The maximum Gasteiger partial charge on any atom is 0.254 e. The Balaban J connectivity index is 1.47. The molecule has 0 radical (unpaired) electrons. The molecule has 0 unspecified atom stereocenters. The van der Waals surface area contributed by atoms with Gasteiger partial charge >= 0.3 is 0 Å².